The largest absolute Gasteiger partial charge is 0.461 e. The van der Waals surface area contributed by atoms with Gasteiger partial charge < -0.3 is 9.64 Å². The minimum Gasteiger partial charge on any atom is -0.461 e. The van der Waals surface area contributed by atoms with E-state index in [4.69, 9.17) is 4.74 Å². The van der Waals surface area contributed by atoms with Crippen molar-refractivity contribution in [1.82, 2.24) is 9.88 Å². The molecule has 0 aromatic carbocycles. The van der Waals surface area contributed by atoms with Crippen molar-refractivity contribution in [1.29, 1.82) is 0 Å². The highest BCUT2D eigenvalue weighted by Gasteiger charge is 2.16. The zero-order valence-electron chi connectivity index (χ0n) is 12.3. The number of esters is 1. The molecule has 0 bridgehead atoms. The molecule has 0 saturated carbocycles. The molecule has 0 fully saturated rings. The molecule has 0 aliphatic heterocycles. The van der Waals surface area contributed by atoms with E-state index in [-0.39, 0.29) is 5.91 Å². The van der Waals surface area contributed by atoms with Crippen LogP contribution in [0.15, 0.2) is 5.38 Å². The van der Waals surface area contributed by atoms with Crippen LogP contribution in [0.3, 0.4) is 0 Å². The van der Waals surface area contributed by atoms with E-state index >= 15 is 0 Å². The van der Waals surface area contributed by atoms with Crippen LogP contribution in [-0.4, -0.2) is 34.9 Å². The van der Waals surface area contributed by atoms with E-state index in [9.17, 15) is 9.59 Å². The van der Waals surface area contributed by atoms with E-state index in [1.807, 2.05) is 13.8 Å². The van der Waals surface area contributed by atoms with Gasteiger partial charge in [0, 0.05) is 18.3 Å². The number of hydrogen-bond donors (Lipinski definition) is 0. The molecule has 1 aromatic heterocycles. The molecule has 112 valence electrons. The minimum absolute atomic E-state index is 0.141. The first-order chi connectivity index (χ1) is 9.62. The van der Waals surface area contributed by atoms with Gasteiger partial charge >= 0.3 is 5.97 Å². The normalized spacial score (nSPS) is 10.3. The molecule has 5 nitrogen and oxygen atoms in total. The average molecular weight is 298 g/mol. The zero-order chi connectivity index (χ0) is 15.0. The summed E-state index contributed by atoms with van der Waals surface area (Å²) in [7, 11) is 0. The van der Waals surface area contributed by atoms with E-state index in [1.54, 1.807) is 17.2 Å². The fourth-order valence-corrected chi connectivity index (χ4v) is 2.56. The van der Waals surface area contributed by atoms with Crippen molar-refractivity contribution in [2.45, 2.75) is 46.6 Å². The lowest BCUT2D eigenvalue weighted by Gasteiger charge is -2.20. The first-order valence-electron chi connectivity index (χ1n) is 7.01. The number of carbonyl (C=O) groups excluding carboxylic acids is 2. The van der Waals surface area contributed by atoms with Crippen LogP contribution < -0.4 is 0 Å². The van der Waals surface area contributed by atoms with Crippen molar-refractivity contribution in [3.8, 4) is 0 Å². The third kappa shape index (κ3) is 4.92. The number of hydrogen-bond acceptors (Lipinski definition) is 5. The maximum absolute atomic E-state index is 12.0. The Labute approximate surface area is 124 Å². The van der Waals surface area contributed by atoms with Gasteiger partial charge in [-0.2, -0.15) is 0 Å². The first-order valence-corrected chi connectivity index (χ1v) is 7.89. The van der Waals surface area contributed by atoms with Crippen LogP contribution in [0.5, 0.6) is 0 Å². The van der Waals surface area contributed by atoms with Crippen molar-refractivity contribution in [3.63, 3.8) is 0 Å². The summed E-state index contributed by atoms with van der Waals surface area (Å²) in [6.07, 6.45) is 2.30. The van der Waals surface area contributed by atoms with Crippen LogP contribution in [-0.2, 0) is 16.1 Å². The Morgan fingerprint density at radius 2 is 2.05 bits per heavy atom. The van der Waals surface area contributed by atoms with Crippen molar-refractivity contribution in [2.75, 3.05) is 13.2 Å². The maximum Gasteiger partial charge on any atom is 0.357 e. The molecular weight excluding hydrogens is 276 g/mol. The van der Waals surface area contributed by atoms with Gasteiger partial charge in [-0.15, -0.1) is 11.3 Å². The summed E-state index contributed by atoms with van der Waals surface area (Å²) < 4.78 is 4.90. The summed E-state index contributed by atoms with van der Waals surface area (Å²) >= 11 is 1.39. The lowest BCUT2D eigenvalue weighted by Crippen LogP contribution is -2.30. The van der Waals surface area contributed by atoms with E-state index in [2.05, 4.69) is 4.98 Å². The highest BCUT2D eigenvalue weighted by atomic mass is 32.1. The Bertz CT molecular complexity index is 445. The quantitative estimate of drug-likeness (QED) is 0.692. The molecule has 1 rings (SSSR count). The molecule has 0 unspecified atom stereocenters. The Morgan fingerprint density at radius 1 is 1.30 bits per heavy atom. The van der Waals surface area contributed by atoms with Crippen LogP contribution in [0.1, 0.15) is 55.5 Å². The predicted octanol–water partition coefficient (Wildman–Crippen LogP) is 2.86. The van der Waals surface area contributed by atoms with Gasteiger partial charge in [0.05, 0.1) is 13.2 Å². The molecule has 0 N–H and O–H groups in total. The molecule has 1 amide bonds. The second-order valence-electron chi connectivity index (χ2n) is 4.41. The van der Waals surface area contributed by atoms with Gasteiger partial charge in [0.15, 0.2) is 5.69 Å². The predicted molar refractivity (Wildman–Crippen MR) is 78.7 cm³/mol. The summed E-state index contributed by atoms with van der Waals surface area (Å²) in [6.45, 7) is 7.31. The smallest absolute Gasteiger partial charge is 0.357 e. The number of nitrogens with zero attached hydrogens (tertiary/aromatic N) is 2. The SMILES string of the molecule is CCCC(=O)N(CCC)Cc1nc(C(=O)OCC)cs1. The second kappa shape index (κ2) is 8.68. The first kappa shape index (κ1) is 16.6. The fraction of sp³-hybridized carbons (Fsp3) is 0.643. The number of amides is 1. The number of carbonyl (C=O) groups is 2. The zero-order valence-corrected chi connectivity index (χ0v) is 13.2. The highest BCUT2D eigenvalue weighted by molar-refractivity contribution is 7.09. The highest BCUT2D eigenvalue weighted by Crippen LogP contribution is 2.14. The van der Waals surface area contributed by atoms with Gasteiger partial charge in [0.2, 0.25) is 5.91 Å². The van der Waals surface area contributed by atoms with Crippen LogP contribution in [0.2, 0.25) is 0 Å². The molecule has 0 aliphatic rings. The van der Waals surface area contributed by atoms with E-state index in [0.717, 1.165) is 17.8 Å². The van der Waals surface area contributed by atoms with Crippen LogP contribution in [0.25, 0.3) is 0 Å². The van der Waals surface area contributed by atoms with Crippen molar-refractivity contribution >= 4 is 23.2 Å². The van der Waals surface area contributed by atoms with Gasteiger partial charge in [-0.05, 0) is 19.8 Å². The van der Waals surface area contributed by atoms with Crippen LogP contribution in [0.4, 0.5) is 0 Å². The lowest BCUT2D eigenvalue weighted by molar-refractivity contribution is -0.131. The van der Waals surface area contributed by atoms with Gasteiger partial charge in [0.1, 0.15) is 5.01 Å². The van der Waals surface area contributed by atoms with Gasteiger partial charge in [0.25, 0.3) is 0 Å². The summed E-state index contributed by atoms with van der Waals surface area (Å²) in [5, 5.41) is 2.45. The van der Waals surface area contributed by atoms with E-state index < -0.39 is 5.97 Å². The minimum atomic E-state index is -0.406. The van der Waals surface area contributed by atoms with Crippen molar-refractivity contribution in [2.24, 2.45) is 0 Å². The van der Waals surface area contributed by atoms with Crippen molar-refractivity contribution in [3.05, 3.63) is 16.1 Å². The number of aromatic nitrogens is 1. The lowest BCUT2D eigenvalue weighted by atomic mass is 10.3. The summed E-state index contributed by atoms with van der Waals surface area (Å²) in [5.74, 6) is -0.265. The standard InChI is InChI=1S/C14H22N2O3S/c1-4-7-13(17)16(8-5-2)9-12-15-11(10-20-12)14(18)19-6-3/h10H,4-9H2,1-3H3. The topological polar surface area (TPSA) is 59.5 Å². The third-order valence-electron chi connectivity index (χ3n) is 2.67. The Balaban J connectivity index is 2.69. The van der Waals surface area contributed by atoms with E-state index in [1.165, 1.54) is 11.3 Å². The van der Waals surface area contributed by atoms with Gasteiger partial charge in [-0.1, -0.05) is 13.8 Å². The maximum atomic E-state index is 12.0. The molecule has 1 heterocycles. The molecule has 0 saturated heterocycles. The van der Waals surface area contributed by atoms with E-state index in [0.29, 0.717) is 31.8 Å². The molecule has 0 radical (unpaired) electrons. The molecule has 0 aliphatic carbocycles. The molecule has 1 aromatic rings. The molecule has 20 heavy (non-hydrogen) atoms. The number of ether oxygens (including phenoxy) is 1. The molecule has 0 atom stereocenters. The summed E-state index contributed by atoms with van der Waals surface area (Å²) in [5.41, 5.74) is 0.325. The van der Waals surface area contributed by atoms with Crippen LogP contribution >= 0.6 is 11.3 Å². The Morgan fingerprint density at radius 3 is 2.65 bits per heavy atom. The van der Waals surface area contributed by atoms with Gasteiger partial charge in [-0.3, -0.25) is 4.79 Å². The Hall–Kier alpha value is -1.43. The second-order valence-corrected chi connectivity index (χ2v) is 5.35. The molecule has 6 heteroatoms. The van der Waals surface area contributed by atoms with Crippen LogP contribution in [0, 0.1) is 0 Å². The third-order valence-corrected chi connectivity index (χ3v) is 3.51. The summed E-state index contributed by atoms with van der Waals surface area (Å²) in [6, 6.07) is 0. The molecule has 0 spiro atoms. The van der Waals surface area contributed by atoms with Crippen molar-refractivity contribution < 1.29 is 14.3 Å². The molecular formula is C14H22N2O3S. The number of thiazole rings is 1. The fourth-order valence-electron chi connectivity index (χ4n) is 1.78. The summed E-state index contributed by atoms with van der Waals surface area (Å²) in [4.78, 5) is 29.6. The number of rotatable bonds is 8. The monoisotopic (exact) mass is 298 g/mol. The Kier molecular flexibility index (Phi) is 7.22. The average Bonchev–Trinajstić information content (AvgIpc) is 2.87. The van der Waals surface area contributed by atoms with Gasteiger partial charge in [-0.25, -0.2) is 9.78 Å².